The van der Waals surface area contributed by atoms with Gasteiger partial charge in [-0.05, 0) is 37.4 Å². The van der Waals surface area contributed by atoms with Crippen molar-refractivity contribution in [1.29, 1.82) is 0 Å². The third-order valence-electron chi connectivity index (χ3n) is 4.93. The van der Waals surface area contributed by atoms with Crippen LogP contribution in [-0.4, -0.2) is 45.3 Å². The quantitative estimate of drug-likeness (QED) is 0.502. The molecular formula is C23H23ClN6. The number of halogens is 1. The number of nitrogens with zero attached hydrogens (tertiary/aromatic N) is 5. The van der Waals surface area contributed by atoms with Gasteiger partial charge in [-0.2, -0.15) is 5.10 Å². The monoisotopic (exact) mass is 418 g/mol. The minimum Gasteiger partial charge on any atom is -0.383 e. The van der Waals surface area contributed by atoms with Crippen LogP contribution in [0.1, 0.15) is 11.6 Å². The molecule has 2 N–H and O–H groups in total. The van der Waals surface area contributed by atoms with E-state index in [1.165, 1.54) is 11.9 Å². The van der Waals surface area contributed by atoms with Crippen LogP contribution in [0.5, 0.6) is 0 Å². The van der Waals surface area contributed by atoms with Crippen molar-refractivity contribution in [2.75, 3.05) is 26.4 Å². The van der Waals surface area contributed by atoms with Gasteiger partial charge in [0.25, 0.3) is 0 Å². The Morgan fingerprint density at radius 1 is 1.00 bits per heavy atom. The Morgan fingerprint density at radius 2 is 1.73 bits per heavy atom. The molecule has 6 nitrogen and oxygen atoms in total. The molecule has 0 bridgehead atoms. The summed E-state index contributed by atoms with van der Waals surface area (Å²) in [6.07, 6.45) is 5.32. The molecule has 2 aromatic heterocycles. The number of benzene rings is 2. The Bertz CT molecular complexity index is 1120. The molecule has 0 aliphatic rings. The maximum Gasteiger partial charge on any atom is 0.135 e. The highest BCUT2D eigenvalue weighted by Gasteiger charge is 2.19. The molecule has 0 saturated heterocycles. The van der Waals surface area contributed by atoms with Crippen LogP contribution in [0, 0.1) is 0 Å². The van der Waals surface area contributed by atoms with Gasteiger partial charge in [0, 0.05) is 23.3 Å². The molecule has 1 atom stereocenters. The van der Waals surface area contributed by atoms with Gasteiger partial charge in [-0.15, -0.1) is 0 Å². The number of hydrogen-bond acceptors (Lipinski definition) is 5. The summed E-state index contributed by atoms with van der Waals surface area (Å²) in [7, 11) is 4.12. The molecule has 0 spiro atoms. The Balaban J connectivity index is 1.77. The van der Waals surface area contributed by atoms with Gasteiger partial charge in [0.05, 0.1) is 23.5 Å². The van der Waals surface area contributed by atoms with Crippen LogP contribution < -0.4 is 5.73 Å². The van der Waals surface area contributed by atoms with Crippen molar-refractivity contribution >= 4 is 17.4 Å². The number of nitrogens with two attached hydrogens (primary N) is 1. The molecule has 0 amide bonds. The second kappa shape index (κ2) is 8.65. The minimum absolute atomic E-state index is 0.0770. The lowest BCUT2D eigenvalue weighted by Crippen LogP contribution is -2.25. The van der Waals surface area contributed by atoms with E-state index >= 15 is 0 Å². The maximum atomic E-state index is 6.23. The summed E-state index contributed by atoms with van der Waals surface area (Å²) in [6, 6.07) is 17.9. The highest BCUT2D eigenvalue weighted by molar-refractivity contribution is 6.30. The third-order valence-corrected chi connectivity index (χ3v) is 5.18. The van der Waals surface area contributed by atoms with Crippen LogP contribution in [0.15, 0.2) is 73.3 Å². The fourth-order valence-electron chi connectivity index (χ4n) is 3.51. The summed E-state index contributed by atoms with van der Waals surface area (Å²) in [4.78, 5) is 10.9. The van der Waals surface area contributed by atoms with Gasteiger partial charge < -0.3 is 10.6 Å². The summed E-state index contributed by atoms with van der Waals surface area (Å²) in [5, 5.41) is 5.33. The zero-order chi connectivity index (χ0) is 21.1. The van der Waals surface area contributed by atoms with Crippen molar-refractivity contribution in [3.05, 3.63) is 83.9 Å². The molecule has 7 heteroatoms. The number of likely N-dealkylation sites (N-methyl/N-ethyl adjacent to an activating group) is 1. The van der Waals surface area contributed by atoms with Gasteiger partial charge in [0.2, 0.25) is 0 Å². The van der Waals surface area contributed by atoms with Crippen LogP contribution in [0.25, 0.3) is 22.4 Å². The van der Waals surface area contributed by atoms with Crippen molar-refractivity contribution in [3.63, 3.8) is 0 Å². The lowest BCUT2D eigenvalue weighted by molar-refractivity contribution is 0.337. The zero-order valence-corrected chi connectivity index (χ0v) is 17.7. The predicted octanol–water partition coefficient (Wildman–Crippen LogP) is 4.39. The first-order valence-corrected chi connectivity index (χ1v) is 10.0. The van der Waals surface area contributed by atoms with E-state index < -0.39 is 0 Å². The lowest BCUT2D eigenvalue weighted by atomic mass is 10.0. The molecule has 0 aliphatic heterocycles. The maximum absolute atomic E-state index is 6.23. The van der Waals surface area contributed by atoms with E-state index in [2.05, 4.69) is 46.2 Å². The topological polar surface area (TPSA) is 72.9 Å². The number of nitrogen functional groups attached to an aromatic ring is 1. The molecule has 30 heavy (non-hydrogen) atoms. The Morgan fingerprint density at radius 3 is 2.43 bits per heavy atom. The molecule has 0 fully saturated rings. The standard InChI is InChI=1S/C23H23ClN6/c1-29(2)14-20(16-6-4-3-5-7-16)30-13-18(12-28-30)22-21(23(25)27-15-26-22)17-8-10-19(24)11-9-17/h3-13,15,20H,14H2,1-2H3,(H2,25,26,27). The predicted molar refractivity (Wildman–Crippen MR) is 121 cm³/mol. The average Bonchev–Trinajstić information content (AvgIpc) is 3.23. The molecule has 1 unspecified atom stereocenters. The molecule has 4 aromatic rings. The largest absolute Gasteiger partial charge is 0.383 e. The number of aromatic nitrogens is 4. The van der Waals surface area contributed by atoms with Gasteiger partial charge >= 0.3 is 0 Å². The van der Waals surface area contributed by atoms with Crippen LogP contribution in [0.4, 0.5) is 5.82 Å². The summed E-state index contributed by atoms with van der Waals surface area (Å²) >= 11 is 6.05. The number of rotatable bonds is 6. The third kappa shape index (κ3) is 4.20. The zero-order valence-electron chi connectivity index (χ0n) is 16.9. The van der Waals surface area contributed by atoms with E-state index in [1.54, 1.807) is 0 Å². The van der Waals surface area contributed by atoms with Crippen LogP contribution in [-0.2, 0) is 0 Å². The fraction of sp³-hybridized carbons (Fsp3) is 0.174. The van der Waals surface area contributed by atoms with E-state index in [9.17, 15) is 0 Å². The van der Waals surface area contributed by atoms with Gasteiger partial charge in [-0.25, -0.2) is 9.97 Å². The summed E-state index contributed by atoms with van der Waals surface area (Å²) in [6.45, 7) is 0.821. The van der Waals surface area contributed by atoms with Crippen molar-refractivity contribution in [2.24, 2.45) is 0 Å². The second-order valence-electron chi connectivity index (χ2n) is 7.39. The van der Waals surface area contributed by atoms with Crippen LogP contribution in [0.3, 0.4) is 0 Å². The summed E-state index contributed by atoms with van der Waals surface area (Å²) in [5.74, 6) is 0.419. The Hall–Kier alpha value is -3.22. The molecule has 4 rings (SSSR count). The molecule has 0 saturated carbocycles. The fourth-order valence-corrected chi connectivity index (χ4v) is 3.64. The van der Waals surface area contributed by atoms with E-state index in [0.717, 1.165) is 28.9 Å². The van der Waals surface area contributed by atoms with Crippen molar-refractivity contribution in [1.82, 2.24) is 24.6 Å². The number of hydrogen-bond donors (Lipinski definition) is 1. The molecular weight excluding hydrogens is 396 g/mol. The lowest BCUT2D eigenvalue weighted by Gasteiger charge is -2.22. The smallest absolute Gasteiger partial charge is 0.135 e. The molecule has 0 aliphatic carbocycles. The molecule has 152 valence electrons. The number of anilines is 1. The molecule has 0 radical (unpaired) electrons. The van der Waals surface area contributed by atoms with Gasteiger partial charge in [0.15, 0.2) is 0 Å². The summed E-state index contributed by atoms with van der Waals surface area (Å²) < 4.78 is 1.98. The normalized spacial score (nSPS) is 12.3. The highest BCUT2D eigenvalue weighted by Crippen LogP contribution is 2.34. The van der Waals surface area contributed by atoms with E-state index in [4.69, 9.17) is 17.3 Å². The first-order chi connectivity index (χ1) is 14.5. The minimum atomic E-state index is 0.0770. The Labute approximate surface area is 181 Å². The van der Waals surface area contributed by atoms with E-state index in [0.29, 0.717) is 10.8 Å². The van der Waals surface area contributed by atoms with Crippen LogP contribution >= 0.6 is 11.6 Å². The first-order valence-electron chi connectivity index (χ1n) is 9.63. The van der Waals surface area contributed by atoms with E-state index in [-0.39, 0.29) is 6.04 Å². The molecule has 2 heterocycles. The average molecular weight is 419 g/mol. The van der Waals surface area contributed by atoms with Crippen molar-refractivity contribution < 1.29 is 0 Å². The van der Waals surface area contributed by atoms with Gasteiger partial charge in [-0.1, -0.05) is 54.1 Å². The Kier molecular flexibility index (Phi) is 5.79. The van der Waals surface area contributed by atoms with Crippen molar-refractivity contribution in [3.8, 4) is 22.4 Å². The second-order valence-corrected chi connectivity index (χ2v) is 7.82. The molecule has 2 aromatic carbocycles. The van der Waals surface area contributed by atoms with Gasteiger partial charge in [0.1, 0.15) is 12.1 Å². The van der Waals surface area contributed by atoms with Crippen molar-refractivity contribution in [2.45, 2.75) is 6.04 Å². The van der Waals surface area contributed by atoms with Crippen LogP contribution in [0.2, 0.25) is 5.02 Å². The SMILES string of the molecule is CN(C)CC(c1ccccc1)n1cc(-c2ncnc(N)c2-c2ccc(Cl)cc2)cn1. The van der Waals surface area contributed by atoms with E-state index in [1.807, 2.05) is 59.5 Å². The highest BCUT2D eigenvalue weighted by atomic mass is 35.5. The first kappa shape index (κ1) is 20.1. The summed E-state index contributed by atoms with van der Waals surface area (Å²) in [5.41, 5.74) is 10.7. The van der Waals surface area contributed by atoms with Gasteiger partial charge in [-0.3, -0.25) is 4.68 Å².